The molecule has 0 radical (unpaired) electrons. The fourth-order valence-electron chi connectivity index (χ4n) is 4.57. The first-order chi connectivity index (χ1) is 15.5. The van der Waals surface area contributed by atoms with Crippen molar-refractivity contribution in [3.8, 4) is 0 Å². The normalized spacial score (nSPS) is 21.8. The fourth-order valence-corrected chi connectivity index (χ4v) is 4.57. The summed E-state index contributed by atoms with van der Waals surface area (Å²) in [6.45, 7) is 1.40. The Bertz CT molecular complexity index is 1120. The molecule has 4 atom stereocenters. The molecule has 0 saturated heterocycles. The van der Waals surface area contributed by atoms with Gasteiger partial charge in [0.15, 0.2) is 0 Å². The Morgan fingerprint density at radius 3 is 2.53 bits per heavy atom. The number of aliphatic hydroxyl groups excluding tert-OH is 1. The molecular weight excluding hydrogens is 400 g/mol. The number of Topliss-reactive ketones (excluding diaryl/α,β-unsaturated/α-hetero) is 1. The van der Waals surface area contributed by atoms with E-state index in [0.717, 1.165) is 22.8 Å². The highest BCUT2D eigenvalue weighted by Gasteiger charge is 2.41. The zero-order chi connectivity index (χ0) is 22.5. The summed E-state index contributed by atoms with van der Waals surface area (Å²) in [7, 11) is 0. The number of rotatable bonds is 7. The van der Waals surface area contributed by atoms with Crippen molar-refractivity contribution in [2.24, 2.45) is 5.92 Å². The molecular formula is C28H28O4. The van der Waals surface area contributed by atoms with Crippen molar-refractivity contribution >= 4 is 22.5 Å². The number of carbonyl (C=O) groups excluding carboxylic acids is 2. The van der Waals surface area contributed by atoms with E-state index in [2.05, 4.69) is 0 Å². The lowest BCUT2D eigenvalue weighted by molar-refractivity contribution is -0.144. The van der Waals surface area contributed by atoms with Gasteiger partial charge in [-0.1, -0.05) is 78.9 Å². The molecule has 0 unspecified atom stereocenters. The second kappa shape index (κ2) is 9.92. The van der Waals surface area contributed by atoms with Crippen LogP contribution < -0.4 is 0 Å². The molecule has 4 rings (SSSR count). The number of carbonyl (C=O) groups is 2. The summed E-state index contributed by atoms with van der Waals surface area (Å²) >= 11 is 0. The predicted molar refractivity (Wildman–Crippen MR) is 125 cm³/mol. The minimum atomic E-state index is -0.748. The molecule has 4 nitrogen and oxygen atoms in total. The number of fused-ring (bicyclic) bond motifs is 1. The van der Waals surface area contributed by atoms with Crippen molar-refractivity contribution in [3.63, 3.8) is 0 Å². The van der Waals surface area contributed by atoms with Crippen molar-refractivity contribution in [3.05, 3.63) is 96.1 Å². The van der Waals surface area contributed by atoms with E-state index in [1.54, 1.807) is 0 Å². The Labute approximate surface area is 188 Å². The number of hydrogen-bond acceptors (Lipinski definition) is 4. The number of aliphatic hydroxyl groups is 1. The van der Waals surface area contributed by atoms with Crippen LogP contribution in [0.3, 0.4) is 0 Å². The third-order valence-corrected chi connectivity index (χ3v) is 6.14. The van der Waals surface area contributed by atoms with Crippen LogP contribution in [0.25, 0.3) is 10.8 Å². The van der Waals surface area contributed by atoms with Crippen LogP contribution in [-0.2, 0) is 20.7 Å². The molecule has 1 aliphatic rings. The number of esters is 1. The van der Waals surface area contributed by atoms with Crippen molar-refractivity contribution < 1.29 is 19.4 Å². The first-order valence-corrected chi connectivity index (χ1v) is 11.1. The number of aryl methyl sites for hydroxylation is 1. The molecule has 4 heteroatoms. The molecule has 0 heterocycles. The van der Waals surface area contributed by atoms with Crippen molar-refractivity contribution in [2.75, 3.05) is 0 Å². The van der Waals surface area contributed by atoms with Crippen LogP contribution in [0.4, 0.5) is 0 Å². The lowest BCUT2D eigenvalue weighted by atomic mass is 9.86. The molecule has 1 N–H and O–H groups in total. The topological polar surface area (TPSA) is 63.6 Å². The lowest BCUT2D eigenvalue weighted by Gasteiger charge is -2.20. The molecule has 0 aliphatic heterocycles. The van der Waals surface area contributed by atoms with Gasteiger partial charge >= 0.3 is 5.97 Å². The third-order valence-electron chi connectivity index (χ3n) is 6.14. The van der Waals surface area contributed by atoms with Gasteiger partial charge in [0.1, 0.15) is 11.9 Å². The molecule has 3 aromatic carbocycles. The highest BCUT2D eigenvalue weighted by molar-refractivity contribution is 5.91. The Kier molecular flexibility index (Phi) is 6.81. The van der Waals surface area contributed by atoms with E-state index in [9.17, 15) is 14.7 Å². The van der Waals surface area contributed by atoms with Crippen LogP contribution in [0.1, 0.15) is 36.8 Å². The van der Waals surface area contributed by atoms with Gasteiger partial charge in [0.05, 0.1) is 12.0 Å². The van der Waals surface area contributed by atoms with E-state index < -0.39 is 18.1 Å². The minimum absolute atomic E-state index is 0.0377. The van der Waals surface area contributed by atoms with Crippen molar-refractivity contribution in [1.82, 2.24) is 0 Å². The van der Waals surface area contributed by atoms with E-state index >= 15 is 0 Å². The van der Waals surface area contributed by atoms with Gasteiger partial charge in [0.25, 0.3) is 0 Å². The van der Waals surface area contributed by atoms with Gasteiger partial charge in [-0.2, -0.15) is 0 Å². The smallest absolute Gasteiger partial charge is 0.303 e. The molecule has 0 bridgehead atoms. The second-order valence-electron chi connectivity index (χ2n) is 8.46. The van der Waals surface area contributed by atoms with E-state index in [-0.39, 0.29) is 24.1 Å². The van der Waals surface area contributed by atoms with Gasteiger partial charge in [-0.15, -0.1) is 0 Å². The van der Waals surface area contributed by atoms with E-state index in [1.165, 1.54) is 12.5 Å². The van der Waals surface area contributed by atoms with Crippen molar-refractivity contribution in [2.45, 2.75) is 44.3 Å². The summed E-state index contributed by atoms with van der Waals surface area (Å²) in [5, 5.41) is 12.8. The number of ether oxygens (including phenoxy) is 1. The molecule has 3 aromatic rings. The minimum Gasteiger partial charge on any atom is -0.458 e. The van der Waals surface area contributed by atoms with Gasteiger partial charge in [-0.05, 0) is 40.8 Å². The summed E-state index contributed by atoms with van der Waals surface area (Å²) in [5.74, 6) is -1.06. The zero-order valence-electron chi connectivity index (χ0n) is 18.2. The molecule has 0 amide bonds. The van der Waals surface area contributed by atoms with Gasteiger partial charge in [-0.25, -0.2) is 0 Å². The van der Waals surface area contributed by atoms with Crippen LogP contribution >= 0.6 is 0 Å². The Balaban J connectivity index is 1.55. The van der Waals surface area contributed by atoms with Crippen LogP contribution in [0, 0.1) is 5.92 Å². The Hall–Kier alpha value is -3.24. The summed E-state index contributed by atoms with van der Waals surface area (Å²) in [4.78, 5) is 24.4. The number of benzene rings is 3. The maximum Gasteiger partial charge on any atom is 0.303 e. The summed E-state index contributed by atoms with van der Waals surface area (Å²) in [5.41, 5.74) is 2.08. The van der Waals surface area contributed by atoms with Crippen molar-refractivity contribution in [1.29, 1.82) is 0 Å². The van der Waals surface area contributed by atoms with E-state index in [4.69, 9.17) is 4.74 Å². The van der Waals surface area contributed by atoms with Crippen LogP contribution in [0.15, 0.2) is 84.9 Å². The Morgan fingerprint density at radius 2 is 1.78 bits per heavy atom. The summed E-state index contributed by atoms with van der Waals surface area (Å²) in [6, 6.07) is 24.1. The standard InChI is InChI=1S/C28H28O4/c1-19(29)32-24(14-11-20-7-3-2-4-8-20)15-16-25-26(30)18-27(31)28(25)23-13-12-21-9-5-6-10-22(21)17-23/h2-10,12-13,15-17,24-26,28,30H,11,14,18H2,1H3/t24-,25-,26+,28-/m0/s1. The Morgan fingerprint density at radius 1 is 1.06 bits per heavy atom. The molecule has 32 heavy (non-hydrogen) atoms. The van der Waals surface area contributed by atoms with Crippen LogP contribution in [0.5, 0.6) is 0 Å². The highest BCUT2D eigenvalue weighted by atomic mass is 16.5. The molecule has 164 valence electrons. The quantitative estimate of drug-likeness (QED) is 0.425. The van der Waals surface area contributed by atoms with Crippen LogP contribution in [0.2, 0.25) is 0 Å². The average molecular weight is 429 g/mol. The fraction of sp³-hybridized carbons (Fsp3) is 0.286. The number of hydrogen-bond donors (Lipinski definition) is 1. The maximum absolute atomic E-state index is 12.8. The van der Waals surface area contributed by atoms with Gasteiger partial charge in [-0.3, -0.25) is 9.59 Å². The van der Waals surface area contributed by atoms with Gasteiger partial charge in [0.2, 0.25) is 0 Å². The highest BCUT2D eigenvalue weighted by Crippen LogP contribution is 2.39. The summed E-state index contributed by atoms with van der Waals surface area (Å²) < 4.78 is 5.50. The first kappa shape index (κ1) is 22.0. The average Bonchev–Trinajstić information content (AvgIpc) is 3.08. The molecule has 1 aliphatic carbocycles. The molecule has 0 aromatic heterocycles. The van der Waals surface area contributed by atoms with E-state index in [1.807, 2.05) is 84.9 Å². The second-order valence-corrected chi connectivity index (χ2v) is 8.46. The maximum atomic E-state index is 12.8. The van der Waals surface area contributed by atoms with Gasteiger partial charge < -0.3 is 9.84 Å². The molecule has 1 saturated carbocycles. The lowest BCUT2D eigenvalue weighted by Crippen LogP contribution is -2.19. The van der Waals surface area contributed by atoms with Crippen LogP contribution in [-0.4, -0.2) is 29.1 Å². The SMILES string of the molecule is CC(=O)O[C@H](C=C[C@H]1[C@H](O)CC(=O)[C@H]1c1ccc2ccccc2c1)CCc1ccccc1. The monoisotopic (exact) mass is 428 g/mol. The third kappa shape index (κ3) is 5.14. The van der Waals surface area contributed by atoms with E-state index in [0.29, 0.717) is 6.42 Å². The summed E-state index contributed by atoms with van der Waals surface area (Å²) in [6.07, 6.45) is 4.09. The largest absolute Gasteiger partial charge is 0.458 e. The number of ketones is 1. The predicted octanol–water partition coefficient (Wildman–Crippen LogP) is 4.99. The molecule has 0 spiro atoms. The van der Waals surface area contributed by atoms with Gasteiger partial charge in [0, 0.05) is 19.3 Å². The zero-order valence-corrected chi connectivity index (χ0v) is 18.2. The molecule has 1 fully saturated rings. The first-order valence-electron chi connectivity index (χ1n) is 11.1.